The van der Waals surface area contributed by atoms with Gasteiger partial charge >= 0.3 is 0 Å². The molecular formula is C50H26B5N3O. The summed E-state index contributed by atoms with van der Waals surface area (Å²) in [4.78, 5) is 15.3. The molecule has 2 aliphatic rings. The first-order valence-electron chi connectivity index (χ1n) is 19.3. The lowest BCUT2D eigenvalue weighted by Crippen LogP contribution is -2.55. The number of rotatable bonds is 6. The van der Waals surface area contributed by atoms with Crippen molar-refractivity contribution in [1.29, 1.82) is 0 Å². The molecule has 9 aromatic rings. The Kier molecular flexibility index (Phi) is 8.16. The number of benzene rings is 7. The molecule has 0 fully saturated rings. The maximum absolute atomic E-state index is 6.54. The summed E-state index contributed by atoms with van der Waals surface area (Å²) in [7, 11) is 31.3. The van der Waals surface area contributed by atoms with Gasteiger partial charge in [-0.3, -0.25) is 0 Å². The number of nitrogens with zero attached hydrogens (tertiary/aromatic N) is 3. The fourth-order valence-electron chi connectivity index (χ4n) is 8.75. The number of hydrogen-bond donors (Lipinski definition) is 0. The topological polar surface area (TPSA) is 51.8 Å². The maximum atomic E-state index is 6.54. The summed E-state index contributed by atoms with van der Waals surface area (Å²) in [5, 5.41) is 0.973. The van der Waals surface area contributed by atoms with Gasteiger partial charge in [0, 0.05) is 33.6 Å². The normalized spacial score (nSPS) is 13.7. The summed E-state index contributed by atoms with van der Waals surface area (Å²) in [6.07, 6.45) is 2.20. The van der Waals surface area contributed by atoms with Crippen LogP contribution in [-0.4, -0.2) is 54.2 Å². The molecule has 59 heavy (non-hydrogen) atoms. The van der Waals surface area contributed by atoms with Gasteiger partial charge in [0.2, 0.25) is 0 Å². The van der Waals surface area contributed by atoms with Gasteiger partial charge in [0.25, 0.3) is 0 Å². The van der Waals surface area contributed by atoms with Gasteiger partial charge in [-0.1, -0.05) is 144 Å². The molecule has 0 aliphatic heterocycles. The fourth-order valence-corrected chi connectivity index (χ4v) is 8.75. The Morgan fingerprint density at radius 3 is 1.66 bits per heavy atom. The number of furan rings is 1. The van der Waals surface area contributed by atoms with E-state index in [0.717, 1.165) is 44.5 Å². The highest BCUT2D eigenvalue weighted by atomic mass is 16.3. The van der Waals surface area contributed by atoms with Crippen LogP contribution in [0.4, 0.5) is 0 Å². The van der Waals surface area contributed by atoms with E-state index in [0.29, 0.717) is 23.0 Å². The third-order valence-electron chi connectivity index (χ3n) is 11.7. The first kappa shape index (κ1) is 35.3. The van der Waals surface area contributed by atoms with E-state index in [1.54, 1.807) is 0 Å². The van der Waals surface area contributed by atoms with E-state index in [4.69, 9.17) is 58.6 Å². The molecule has 0 N–H and O–H groups in total. The summed E-state index contributed by atoms with van der Waals surface area (Å²) in [5.41, 5.74) is 15.4. The molecular weight excluding hydrogens is 713 g/mol. The summed E-state index contributed by atoms with van der Waals surface area (Å²) in [5.74, 6) is 2.45. The minimum Gasteiger partial charge on any atom is -0.456 e. The lowest BCUT2D eigenvalue weighted by molar-refractivity contribution is 0.599. The zero-order valence-corrected chi connectivity index (χ0v) is 31.6. The molecule has 0 saturated heterocycles. The first-order chi connectivity index (χ1) is 28.8. The number of fused-ring (bicyclic) bond motifs is 6. The van der Waals surface area contributed by atoms with Crippen LogP contribution in [0.5, 0.6) is 0 Å². The van der Waals surface area contributed by atoms with Crippen LogP contribution in [-0.2, 0) is 0 Å². The van der Waals surface area contributed by atoms with Crippen molar-refractivity contribution >= 4 is 89.2 Å². The minimum atomic E-state index is 0.0216. The van der Waals surface area contributed by atoms with Crippen LogP contribution >= 0.6 is 0 Å². The van der Waals surface area contributed by atoms with Crippen LogP contribution in [0.1, 0.15) is 28.4 Å². The lowest BCUT2D eigenvalue weighted by atomic mass is 9.59. The number of allylic oxidation sites excluding steroid dienone is 1. The molecule has 262 valence electrons. The van der Waals surface area contributed by atoms with Gasteiger partial charge in [-0.2, -0.15) is 0 Å². The fraction of sp³-hybridized carbons (Fsp3) is 0.0200. The largest absolute Gasteiger partial charge is 0.456 e. The molecule has 0 amide bonds. The Hall–Kier alpha value is -6.85. The molecule has 1 atom stereocenters. The number of aromatic nitrogens is 3. The van der Waals surface area contributed by atoms with E-state index in [-0.39, 0.29) is 33.2 Å². The van der Waals surface area contributed by atoms with Gasteiger partial charge < -0.3 is 4.42 Å². The smallest absolute Gasteiger partial charge is 0.164 e. The predicted octanol–water partition coefficient (Wildman–Crippen LogP) is 6.59. The van der Waals surface area contributed by atoms with Gasteiger partial charge in [0.15, 0.2) is 17.5 Å². The average Bonchev–Trinajstić information content (AvgIpc) is 3.76. The van der Waals surface area contributed by atoms with Crippen LogP contribution < -0.4 is 27.3 Å². The highest BCUT2D eigenvalue weighted by Crippen LogP contribution is 2.57. The molecule has 0 saturated carbocycles. The molecule has 2 aromatic heterocycles. The highest BCUT2D eigenvalue weighted by molar-refractivity contribution is 6.68. The van der Waals surface area contributed by atoms with Crippen molar-refractivity contribution in [3.63, 3.8) is 0 Å². The second kappa shape index (κ2) is 13.6. The third kappa shape index (κ3) is 5.56. The Bertz CT molecular complexity index is 3190. The van der Waals surface area contributed by atoms with Crippen molar-refractivity contribution in [2.75, 3.05) is 0 Å². The van der Waals surface area contributed by atoms with Crippen LogP contribution in [0.15, 0.2) is 150 Å². The van der Waals surface area contributed by atoms with E-state index in [1.807, 2.05) is 66.7 Å². The van der Waals surface area contributed by atoms with Crippen molar-refractivity contribution in [3.05, 3.63) is 168 Å². The molecule has 10 radical (unpaired) electrons. The molecule has 9 heteroatoms. The predicted molar refractivity (Wildman–Crippen MR) is 245 cm³/mol. The molecule has 2 aliphatic carbocycles. The maximum Gasteiger partial charge on any atom is 0.164 e. The van der Waals surface area contributed by atoms with Crippen molar-refractivity contribution < 1.29 is 4.42 Å². The van der Waals surface area contributed by atoms with Crippen molar-refractivity contribution in [3.8, 4) is 67.5 Å². The molecule has 4 nitrogen and oxygen atoms in total. The van der Waals surface area contributed by atoms with Crippen molar-refractivity contribution in [2.24, 2.45) is 0 Å². The van der Waals surface area contributed by atoms with Crippen molar-refractivity contribution in [2.45, 2.75) is 5.92 Å². The minimum absolute atomic E-state index is 0.0216. The van der Waals surface area contributed by atoms with Gasteiger partial charge in [0.05, 0.1) is 0 Å². The Morgan fingerprint density at radius 2 is 0.949 bits per heavy atom. The quantitative estimate of drug-likeness (QED) is 0.181. The molecule has 7 aromatic carbocycles. The van der Waals surface area contributed by atoms with Crippen LogP contribution in [0, 0.1) is 0 Å². The molecule has 2 heterocycles. The molecule has 0 spiro atoms. The van der Waals surface area contributed by atoms with E-state index in [1.165, 1.54) is 39.0 Å². The summed E-state index contributed by atoms with van der Waals surface area (Å²) in [6.45, 7) is 0. The Balaban J connectivity index is 1.05. The summed E-state index contributed by atoms with van der Waals surface area (Å²) < 4.78 is 6.54. The van der Waals surface area contributed by atoms with E-state index < -0.39 is 0 Å². The van der Waals surface area contributed by atoms with Crippen LogP contribution in [0.2, 0.25) is 0 Å². The summed E-state index contributed by atoms with van der Waals surface area (Å²) in [6, 6.07) is 49.8. The van der Waals surface area contributed by atoms with Gasteiger partial charge in [0.1, 0.15) is 50.6 Å². The number of hydrogen-bond acceptors (Lipinski definition) is 4. The monoisotopic (exact) mass is 739 g/mol. The SMILES string of the molecule is [B]c1c([B])c([B])c(-c2ccc(-c3nc(-c4ccccc4)nc(-c4cccc5oc6c(c45)C(C4c5ccccc5-c5ccc(-c7ccccc7)cc54)=C6)n3)cc2)c([B])c1[B]. The van der Waals surface area contributed by atoms with Crippen LogP contribution in [0.3, 0.4) is 0 Å². The van der Waals surface area contributed by atoms with Crippen molar-refractivity contribution in [1.82, 2.24) is 15.0 Å². The first-order valence-corrected chi connectivity index (χ1v) is 19.3. The zero-order valence-electron chi connectivity index (χ0n) is 31.6. The van der Waals surface area contributed by atoms with Gasteiger partial charge in [-0.05, 0) is 68.3 Å². The lowest BCUT2D eigenvalue weighted by Gasteiger charge is -2.24. The van der Waals surface area contributed by atoms with E-state index >= 15 is 0 Å². The molecule has 1 unspecified atom stereocenters. The zero-order chi connectivity index (χ0) is 39.9. The summed E-state index contributed by atoms with van der Waals surface area (Å²) >= 11 is 0. The van der Waals surface area contributed by atoms with Crippen LogP contribution in [0.25, 0.3) is 90.2 Å². The van der Waals surface area contributed by atoms with Gasteiger partial charge in [-0.15, -0.1) is 16.4 Å². The molecule has 0 bridgehead atoms. The second-order valence-electron chi connectivity index (χ2n) is 15.0. The van der Waals surface area contributed by atoms with E-state index in [9.17, 15) is 0 Å². The molecule has 11 rings (SSSR count). The second-order valence-corrected chi connectivity index (χ2v) is 15.0. The standard InChI is InChI=1S/C50H26B5N3O/c51-43-39(44(52)46(54)47(55)45(43)53)27-18-20-29(21-19-27)49-56-48(28-12-5-2-6-13-28)57-50(58-49)34-16-9-17-37-41(34)42-36(25-38(42)59-37)40-33-15-8-7-14-31(33)32-23-22-30(24-35(32)40)26-10-3-1-4-11-26/h1-25,40H. The Morgan fingerprint density at radius 1 is 0.407 bits per heavy atom. The van der Waals surface area contributed by atoms with E-state index in [2.05, 4.69) is 84.9 Å². The Labute approximate surface area is 348 Å². The van der Waals surface area contributed by atoms with Gasteiger partial charge in [-0.25, -0.2) is 15.0 Å². The average molecular weight is 739 g/mol. The third-order valence-corrected chi connectivity index (χ3v) is 11.7. The highest BCUT2D eigenvalue weighted by Gasteiger charge is 2.39.